The zero-order valence-corrected chi connectivity index (χ0v) is 13.5. The van der Waals surface area contributed by atoms with E-state index in [-0.39, 0.29) is 0 Å². The van der Waals surface area contributed by atoms with Crippen LogP contribution in [0.1, 0.15) is 37.6 Å². The lowest BCUT2D eigenvalue weighted by Gasteiger charge is -2.21. The van der Waals surface area contributed by atoms with Crippen LogP contribution < -0.4 is 4.74 Å². The molecule has 1 saturated heterocycles. The molecule has 0 atom stereocenters. The van der Waals surface area contributed by atoms with Gasteiger partial charge in [-0.3, -0.25) is 4.98 Å². The third kappa shape index (κ3) is 4.48. The Bertz CT molecular complexity index is 610. The van der Waals surface area contributed by atoms with Crippen LogP contribution in [-0.2, 0) is 24.3 Å². The van der Waals surface area contributed by atoms with Crippen molar-refractivity contribution >= 4 is 0 Å². The molecule has 0 spiro atoms. The summed E-state index contributed by atoms with van der Waals surface area (Å²) in [5.74, 6) is 2.08. The zero-order chi connectivity index (χ0) is 15.9. The van der Waals surface area contributed by atoms with Gasteiger partial charge in [0.2, 0.25) is 0 Å². The predicted molar refractivity (Wildman–Crippen MR) is 83.9 cm³/mol. The van der Waals surface area contributed by atoms with E-state index in [4.69, 9.17) is 9.47 Å². The molecule has 2 aromatic heterocycles. The van der Waals surface area contributed by atoms with Gasteiger partial charge < -0.3 is 9.47 Å². The molecule has 2 aromatic rings. The molecule has 0 saturated carbocycles. The summed E-state index contributed by atoms with van der Waals surface area (Å²) in [7, 11) is 0. The minimum absolute atomic E-state index is 0.355. The second kappa shape index (κ2) is 8.01. The fraction of sp³-hybridized carbons (Fsp3) is 0.625. The van der Waals surface area contributed by atoms with E-state index in [1.165, 1.54) is 5.56 Å². The van der Waals surface area contributed by atoms with Gasteiger partial charge in [-0.2, -0.15) is 0 Å². The van der Waals surface area contributed by atoms with Crippen LogP contribution in [0.2, 0.25) is 0 Å². The molecule has 0 amide bonds. The first-order valence-corrected chi connectivity index (χ1v) is 8.24. The first-order valence-electron chi connectivity index (χ1n) is 8.24. The molecule has 0 radical (unpaired) electrons. The van der Waals surface area contributed by atoms with E-state index < -0.39 is 0 Å². The first kappa shape index (κ1) is 15.9. The normalized spacial score (nSPS) is 15.7. The van der Waals surface area contributed by atoms with Gasteiger partial charge >= 0.3 is 0 Å². The van der Waals surface area contributed by atoms with Gasteiger partial charge in [0.1, 0.15) is 12.4 Å². The Morgan fingerprint density at radius 2 is 2.17 bits per heavy atom. The van der Waals surface area contributed by atoms with Gasteiger partial charge in [0.15, 0.2) is 5.82 Å². The van der Waals surface area contributed by atoms with Gasteiger partial charge in [-0.15, -0.1) is 5.10 Å². The second-order valence-electron chi connectivity index (χ2n) is 5.90. The molecule has 7 heteroatoms. The molecule has 3 rings (SSSR count). The fourth-order valence-electron chi connectivity index (χ4n) is 2.76. The molecule has 23 heavy (non-hydrogen) atoms. The Hall–Kier alpha value is -2.02. The van der Waals surface area contributed by atoms with Crippen LogP contribution in [0.25, 0.3) is 0 Å². The van der Waals surface area contributed by atoms with Gasteiger partial charge in [0, 0.05) is 26.0 Å². The van der Waals surface area contributed by atoms with E-state index in [1.54, 1.807) is 6.20 Å². The highest BCUT2D eigenvalue weighted by molar-refractivity contribution is 5.23. The van der Waals surface area contributed by atoms with Crippen molar-refractivity contribution in [1.29, 1.82) is 0 Å². The predicted octanol–water partition coefficient (Wildman–Crippen LogP) is 2.03. The van der Waals surface area contributed by atoms with Crippen molar-refractivity contribution in [3.05, 3.63) is 29.8 Å². The Kier molecular flexibility index (Phi) is 5.52. The molecule has 0 aliphatic carbocycles. The third-order valence-electron chi connectivity index (χ3n) is 4.05. The summed E-state index contributed by atoms with van der Waals surface area (Å²) in [5, 5.41) is 12.0. The summed E-state index contributed by atoms with van der Waals surface area (Å²) in [6.45, 7) is 4.98. The SMILES string of the molecule is CCCc1cncc(OCc2nnnn2CC2CCOCC2)c1. The quantitative estimate of drug-likeness (QED) is 0.778. The maximum atomic E-state index is 5.82. The van der Waals surface area contributed by atoms with Gasteiger partial charge in [-0.05, 0) is 47.2 Å². The van der Waals surface area contributed by atoms with Crippen molar-refractivity contribution < 1.29 is 9.47 Å². The van der Waals surface area contributed by atoms with Gasteiger partial charge in [-0.25, -0.2) is 4.68 Å². The van der Waals surface area contributed by atoms with Crippen LogP contribution in [-0.4, -0.2) is 38.4 Å². The Morgan fingerprint density at radius 1 is 1.30 bits per heavy atom. The van der Waals surface area contributed by atoms with Crippen molar-refractivity contribution in [2.24, 2.45) is 5.92 Å². The number of hydrogen-bond donors (Lipinski definition) is 0. The number of aromatic nitrogens is 5. The van der Waals surface area contributed by atoms with Crippen molar-refractivity contribution in [2.45, 2.75) is 45.8 Å². The van der Waals surface area contributed by atoms with E-state index in [0.29, 0.717) is 12.5 Å². The number of aryl methyl sites for hydroxylation is 1. The molecular weight excluding hydrogens is 294 g/mol. The average molecular weight is 317 g/mol. The molecule has 3 heterocycles. The molecule has 1 aliphatic rings. The lowest BCUT2D eigenvalue weighted by molar-refractivity contribution is 0.0593. The highest BCUT2D eigenvalue weighted by Gasteiger charge is 2.17. The van der Waals surface area contributed by atoms with Gasteiger partial charge in [0.05, 0.1) is 6.20 Å². The maximum absolute atomic E-state index is 5.82. The summed E-state index contributed by atoms with van der Waals surface area (Å²) >= 11 is 0. The molecule has 7 nitrogen and oxygen atoms in total. The number of rotatable bonds is 7. The van der Waals surface area contributed by atoms with Crippen LogP contribution in [0.3, 0.4) is 0 Å². The number of nitrogens with zero attached hydrogens (tertiary/aromatic N) is 5. The zero-order valence-electron chi connectivity index (χ0n) is 13.5. The van der Waals surface area contributed by atoms with E-state index in [1.807, 2.05) is 16.9 Å². The molecular formula is C16H23N5O2. The van der Waals surface area contributed by atoms with Crippen LogP contribution in [0.4, 0.5) is 0 Å². The van der Waals surface area contributed by atoms with Crippen molar-refractivity contribution in [2.75, 3.05) is 13.2 Å². The molecule has 124 valence electrons. The summed E-state index contributed by atoms with van der Waals surface area (Å²) in [5.41, 5.74) is 1.19. The standard InChI is InChI=1S/C16H23N5O2/c1-2-3-14-8-15(10-17-9-14)23-12-16-18-19-20-21(16)11-13-4-6-22-7-5-13/h8-10,13H,2-7,11-12H2,1H3. The Morgan fingerprint density at radius 3 is 3.00 bits per heavy atom. The van der Waals surface area contributed by atoms with Crippen molar-refractivity contribution in [3.63, 3.8) is 0 Å². The molecule has 0 unspecified atom stereocenters. The monoisotopic (exact) mass is 317 g/mol. The van der Waals surface area contributed by atoms with Crippen LogP contribution in [0, 0.1) is 5.92 Å². The smallest absolute Gasteiger partial charge is 0.189 e. The largest absolute Gasteiger partial charge is 0.484 e. The topological polar surface area (TPSA) is 75.0 Å². The van der Waals surface area contributed by atoms with Crippen LogP contribution in [0.5, 0.6) is 5.75 Å². The van der Waals surface area contributed by atoms with Crippen LogP contribution >= 0.6 is 0 Å². The minimum atomic E-state index is 0.355. The van der Waals surface area contributed by atoms with E-state index in [0.717, 1.165) is 57.0 Å². The van der Waals surface area contributed by atoms with Crippen molar-refractivity contribution in [3.8, 4) is 5.75 Å². The highest BCUT2D eigenvalue weighted by atomic mass is 16.5. The van der Waals surface area contributed by atoms with E-state index >= 15 is 0 Å². The number of hydrogen-bond acceptors (Lipinski definition) is 6. The third-order valence-corrected chi connectivity index (χ3v) is 4.05. The highest BCUT2D eigenvalue weighted by Crippen LogP contribution is 2.18. The molecule has 0 bridgehead atoms. The van der Waals surface area contributed by atoms with Gasteiger partial charge in [-0.1, -0.05) is 13.3 Å². The lowest BCUT2D eigenvalue weighted by atomic mass is 10.0. The van der Waals surface area contributed by atoms with Gasteiger partial charge in [0.25, 0.3) is 0 Å². The van der Waals surface area contributed by atoms with Crippen LogP contribution in [0.15, 0.2) is 18.5 Å². The summed E-state index contributed by atoms with van der Waals surface area (Å²) in [4.78, 5) is 4.22. The average Bonchev–Trinajstić information content (AvgIpc) is 3.02. The summed E-state index contributed by atoms with van der Waals surface area (Å²) in [6.07, 6.45) is 7.82. The van der Waals surface area contributed by atoms with E-state index in [2.05, 4.69) is 27.4 Å². The first-order chi connectivity index (χ1) is 11.3. The van der Waals surface area contributed by atoms with Crippen molar-refractivity contribution in [1.82, 2.24) is 25.2 Å². The lowest BCUT2D eigenvalue weighted by Crippen LogP contribution is -2.22. The molecule has 0 aromatic carbocycles. The maximum Gasteiger partial charge on any atom is 0.189 e. The van der Waals surface area contributed by atoms with E-state index in [9.17, 15) is 0 Å². The number of ether oxygens (including phenoxy) is 2. The second-order valence-corrected chi connectivity index (χ2v) is 5.90. The molecule has 0 N–H and O–H groups in total. The number of pyridine rings is 1. The summed E-state index contributed by atoms with van der Waals surface area (Å²) in [6, 6.07) is 2.03. The minimum Gasteiger partial charge on any atom is -0.484 e. The Balaban J connectivity index is 1.58. The Labute approximate surface area is 136 Å². The molecule has 1 fully saturated rings. The fourth-order valence-corrected chi connectivity index (χ4v) is 2.76. The number of tetrazole rings is 1. The molecule has 1 aliphatic heterocycles. The summed E-state index contributed by atoms with van der Waals surface area (Å²) < 4.78 is 13.1.